The molecule has 22 heteroatoms. The van der Waals surface area contributed by atoms with Crippen LogP contribution in [0.15, 0.2) is 28.7 Å². The molecule has 4 heterocycles. The number of anilines is 2. The molecule has 1 aromatic carbocycles. The number of hydrogen-bond acceptors (Lipinski definition) is 16. The summed E-state index contributed by atoms with van der Waals surface area (Å²) >= 11 is 2.40. The minimum absolute atomic E-state index is 0.0143. The molecule has 0 spiro atoms. The lowest BCUT2D eigenvalue weighted by Crippen LogP contribution is -2.71. The van der Waals surface area contributed by atoms with Gasteiger partial charge in [-0.15, -0.1) is 11.3 Å². The van der Waals surface area contributed by atoms with Crippen LogP contribution in [0.3, 0.4) is 0 Å². The van der Waals surface area contributed by atoms with Crippen LogP contribution in [-0.2, 0) is 34.2 Å². The molecule has 2 aliphatic heterocycles. The standard InChI is InChI=1S/C31H40N8O11S3/c1-16-22(25(41)39(16)53(44,45)46)35-24(40)23(20-15-51-26(34-20)36-28(42)49-30(2,3)4)37-48-11-10-47-18-8-9-19-21(12-18)52-27(33-19)32-17-13-38(14-17)29(43)50-31(5,6)7/h8-9,12,15-17,22H,10-11,13-14H2,1-7H3,(H,32,33)(H,35,40)(H,34,36,42)(H,44,45,46)/b37-23-/t16-,22?/m0/s1. The van der Waals surface area contributed by atoms with Crippen molar-refractivity contribution in [2.24, 2.45) is 5.16 Å². The minimum atomic E-state index is -4.82. The number of benzene rings is 1. The van der Waals surface area contributed by atoms with Gasteiger partial charge in [0.15, 0.2) is 22.6 Å². The summed E-state index contributed by atoms with van der Waals surface area (Å²) in [5, 5.41) is 14.3. The number of β-lactam (4-membered cyclic amide) rings is 1. The number of likely N-dealkylation sites (tertiary alicyclic amines) is 1. The Hall–Kier alpha value is -4.80. The maximum atomic E-state index is 13.3. The Morgan fingerprint density at radius 2 is 1.74 bits per heavy atom. The van der Waals surface area contributed by atoms with Crippen LogP contribution >= 0.6 is 22.7 Å². The van der Waals surface area contributed by atoms with E-state index in [9.17, 15) is 32.1 Å². The van der Waals surface area contributed by atoms with E-state index in [1.807, 2.05) is 26.8 Å². The van der Waals surface area contributed by atoms with Gasteiger partial charge in [0.05, 0.1) is 22.3 Å². The van der Waals surface area contributed by atoms with E-state index in [1.165, 1.54) is 23.6 Å². The van der Waals surface area contributed by atoms with E-state index in [0.29, 0.717) is 24.0 Å². The van der Waals surface area contributed by atoms with Crippen LogP contribution in [0.4, 0.5) is 19.9 Å². The Kier molecular flexibility index (Phi) is 11.4. The molecule has 0 saturated carbocycles. The van der Waals surface area contributed by atoms with Crippen molar-refractivity contribution in [2.45, 2.75) is 77.8 Å². The molecule has 0 aliphatic carbocycles. The van der Waals surface area contributed by atoms with Crippen molar-refractivity contribution >= 4 is 83.2 Å². The number of amides is 4. The zero-order chi connectivity index (χ0) is 38.9. The number of fused-ring (bicyclic) bond motifs is 1. The topological polar surface area (TPSA) is 240 Å². The zero-order valence-electron chi connectivity index (χ0n) is 29.9. The largest absolute Gasteiger partial charge is 0.490 e. The second kappa shape index (κ2) is 15.3. The third-order valence-corrected chi connectivity index (χ3v) is 9.98. The lowest BCUT2D eigenvalue weighted by molar-refractivity contribution is -0.143. The quantitative estimate of drug-likeness (QED) is 0.0675. The Balaban J connectivity index is 1.18. The summed E-state index contributed by atoms with van der Waals surface area (Å²) < 4.78 is 49.8. The van der Waals surface area contributed by atoms with Gasteiger partial charge in [0, 0.05) is 18.5 Å². The molecular weight excluding hydrogens is 757 g/mol. The number of nitrogens with zero attached hydrogens (tertiary/aromatic N) is 5. The highest BCUT2D eigenvalue weighted by Gasteiger charge is 2.51. The monoisotopic (exact) mass is 796 g/mol. The first-order chi connectivity index (χ1) is 24.7. The number of nitrogens with one attached hydrogen (secondary N) is 3. The van der Waals surface area contributed by atoms with E-state index in [1.54, 1.807) is 37.8 Å². The summed E-state index contributed by atoms with van der Waals surface area (Å²) in [6, 6.07) is 3.04. The Bertz CT molecular complexity index is 2010. The van der Waals surface area contributed by atoms with E-state index in [2.05, 4.69) is 31.1 Å². The fourth-order valence-electron chi connectivity index (χ4n) is 4.93. The molecular formula is C31H40N8O11S3. The van der Waals surface area contributed by atoms with Crippen molar-refractivity contribution in [2.75, 3.05) is 36.9 Å². The number of carbonyl (C=O) groups excluding carboxylic acids is 4. The van der Waals surface area contributed by atoms with Crippen LogP contribution in [0.5, 0.6) is 5.75 Å². The highest BCUT2D eigenvalue weighted by atomic mass is 32.2. The van der Waals surface area contributed by atoms with E-state index >= 15 is 0 Å². The van der Waals surface area contributed by atoms with E-state index in [-0.39, 0.29) is 46.2 Å². The smallest absolute Gasteiger partial charge is 0.413 e. The molecule has 2 aliphatic rings. The van der Waals surface area contributed by atoms with Crippen molar-refractivity contribution in [3.05, 3.63) is 29.3 Å². The number of hydrogen-bond donors (Lipinski definition) is 4. The Labute approximate surface area is 312 Å². The van der Waals surface area contributed by atoms with Gasteiger partial charge in [0.2, 0.25) is 0 Å². The normalized spacial score (nSPS) is 18.2. The average Bonchev–Trinajstić information content (AvgIpc) is 3.62. The predicted octanol–water partition coefficient (Wildman–Crippen LogP) is 3.45. The van der Waals surface area contributed by atoms with Crippen LogP contribution in [0, 0.1) is 0 Å². The molecule has 4 N–H and O–H groups in total. The molecule has 4 amide bonds. The zero-order valence-corrected chi connectivity index (χ0v) is 32.3. The van der Waals surface area contributed by atoms with Crippen LogP contribution in [0.2, 0.25) is 0 Å². The Morgan fingerprint density at radius 1 is 1.04 bits per heavy atom. The number of ether oxygens (including phenoxy) is 3. The second-order valence-corrected chi connectivity index (χ2v) is 17.1. The first kappa shape index (κ1) is 39.4. The van der Waals surface area contributed by atoms with Gasteiger partial charge >= 0.3 is 22.5 Å². The summed E-state index contributed by atoms with van der Waals surface area (Å²) in [5.41, 5.74) is -0.978. The highest BCUT2D eigenvalue weighted by Crippen LogP contribution is 2.31. The first-order valence-electron chi connectivity index (χ1n) is 16.2. The van der Waals surface area contributed by atoms with Crippen LogP contribution in [-0.4, -0.2) is 117 Å². The molecule has 0 bridgehead atoms. The van der Waals surface area contributed by atoms with Crippen molar-refractivity contribution in [3.8, 4) is 5.75 Å². The molecule has 3 aromatic rings. The van der Waals surface area contributed by atoms with Gasteiger partial charge in [-0.2, -0.15) is 8.42 Å². The molecule has 288 valence electrons. The molecule has 2 saturated heterocycles. The predicted molar refractivity (Wildman–Crippen MR) is 195 cm³/mol. The summed E-state index contributed by atoms with van der Waals surface area (Å²) in [6.45, 7) is 12.8. The Morgan fingerprint density at radius 3 is 2.38 bits per heavy atom. The van der Waals surface area contributed by atoms with Crippen molar-refractivity contribution in [1.82, 2.24) is 24.5 Å². The van der Waals surface area contributed by atoms with Crippen molar-refractivity contribution in [3.63, 3.8) is 0 Å². The van der Waals surface area contributed by atoms with Gasteiger partial charge in [-0.25, -0.2) is 23.9 Å². The average molecular weight is 797 g/mol. The molecule has 2 fully saturated rings. The molecule has 19 nitrogen and oxygen atoms in total. The third kappa shape index (κ3) is 10.2. The van der Waals surface area contributed by atoms with Gasteiger partial charge in [-0.05, 0) is 66.7 Å². The second-order valence-electron chi connectivity index (χ2n) is 14.0. The van der Waals surface area contributed by atoms with Crippen molar-refractivity contribution in [1.29, 1.82) is 0 Å². The van der Waals surface area contributed by atoms with Crippen LogP contribution in [0.1, 0.15) is 54.2 Å². The van der Waals surface area contributed by atoms with Gasteiger partial charge in [0.1, 0.15) is 35.3 Å². The first-order valence-corrected chi connectivity index (χ1v) is 19.3. The number of aromatic nitrogens is 2. The molecule has 1 unspecified atom stereocenters. The van der Waals surface area contributed by atoms with Crippen LogP contribution in [0.25, 0.3) is 10.2 Å². The maximum Gasteiger partial charge on any atom is 0.413 e. The van der Waals surface area contributed by atoms with Gasteiger partial charge in [0.25, 0.3) is 11.8 Å². The molecule has 0 radical (unpaired) electrons. The number of oxime groups is 1. The SMILES string of the molecule is C[C@H]1C(NC(=O)/C(=N\OCCOc2ccc3nc(NC4CN(C(=O)OC(C)(C)C)C4)sc3c2)c2csc(NC(=O)OC(C)(C)C)n2)C(=O)N1S(=O)(=O)O. The number of carbonyl (C=O) groups is 4. The van der Waals surface area contributed by atoms with Gasteiger partial charge in [-0.3, -0.25) is 19.5 Å². The van der Waals surface area contributed by atoms with Crippen molar-refractivity contribution < 1.29 is 51.2 Å². The number of thiazole rings is 2. The third-order valence-electron chi connectivity index (χ3n) is 7.26. The summed E-state index contributed by atoms with van der Waals surface area (Å²) in [5.74, 6) is -1.45. The number of rotatable bonds is 12. The van der Waals surface area contributed by atoms with Crippen LogP contribution < -0.4 is 20.7 Å². The summed E-state index contributed by atoms with van der Waals surface area (Å²) in [4.78, 5) is 65.9. The maximum absolute atomic E-state index is 13.3. The lowest BCUT2D eigenvalue weighted by Gasteiger charge is -2.42. The van der Waals surface area contributed by atoms with Gasteiger partial charge < -0.3 is 34.6 Å². The molecule has 5 rings (SSSR count). The molecule has 2 atom stereocenters. The fourth-order valence-corrected chi connectivity index (χ4v) is 7.47. The summed E-state index contributed by atoms with van der Waals surface area (Å²) in [7, 11) is -4.82. The summed E-state index contributed by atoms with van der Waals surface area (Å²) in [6.07, 6.45) is -1.13. The minimum Gasteiger partial charge on any atom is -0.490 e. The molecule has 2 aromatic heterocycles. The lowest BCUT2D eigenvalue weighted by atomic mass is 10.0. The van der Waals surface area contributed by atoms with Gasteiger partial charge in [-0.1, -0.05) is 16.5 Å². The molecule has 53 heavy (non-hydrogen) atoms. The highest BCUT2D eigenvalue weighted by molar-refractivity contribution is 7.84. The van der Waals surface area contributed by atoms with E-state index in [4.69, 9.17) is 19.0 Å². The fraction of sp³-hybridized carbons (Fsp3) is 0.516. The van der Waals surface area contributed by atoms with E-state index < -0.39 is 51.5 Å². The van der Waals surface area contributed by atoms with E-state index in [0.717, 1.165) is 21.6 Å².